The average molecular weight is 359 g/mol. The second-order valence-electron chi connectivity index (χ2n) is 7.74. The number of hydrogen-bond donors (Lipinski definition) is 1. The van der Waals surface area contributed by atoms with Crippen molar-refractivity contribution in [1.82, 2.24) is 10.2 Å². The Hall–Kier alpha value is -1.84. The Bertz CT molecular complexity index is 574. The molecular formula is C22H34N2O2. The first-order valence-corrected chi connectivity index (χ1v) is 10.2. The summed E-state index contributed by atoms with van der Waals surface area (Å²) in [5, 5.41) is 2.97. The van der Waals surface area contributed by atoms with E-state index in [2.05, 4.69) is 12.2 Å². The SMILES string of the molecule is CCCCCc1ccc(C(=O)NC(C(=O)N2CCCCC2)C(C)C)cc1. The van der Waals surface area contributed by atoms with Crippen molar-refractivity contribution in [2.75, 3.05) is 13.1 Å². The first-order valence-electron chi connectivity index (χ1n) is 10.2. The lowest BCUT2D eigenvalue weighted by atomic mass is 10.00. The fraction of sp³-hybridized carbons (Fsp3) is 0.636. The van der Waals surface area contributed by atoms with Crippen molar-refractivity contribution in [3.63, 3.8) is 0 Å². The van der Waals surface area contributed by atoms with Crippen molar-refractivity contribution in [3.8, 4) is 0 Å². The van der Waals surface area contributed by atoms with E-state index in [4.69, 9.17) is 0 Å². The molecule has 0 radical (unpaired) electrons. The lowest BCUT2D eigenvalue weighted by Crippen LogP contribution is -2.52. The number of benzene rings is 1. The summed E-state index contributed by atoms with van der Waals surface area (Å²) in [6.07, 6.45) is 7.99. The molecule has 1 aromatic carbocycles. The maximum atomic E-state index is 12.8. The number of unbranched alkanes of at least 4 members (excludes halogenated alkanes) is 2. The van der Waals surface area contributed by atoms with Gasteiger partial charge in [-0.05, 0) is 55.7 Å². The predicted octanol–water partition coefficient (Wildman–Crippen LogP) is 4.19. The van der Waals surface area contributed by atoms with E-state index in [1.807, 2.05) is 43.0 Å². The Balaban J connectivity index is 1.97. The van der Waals surface area contributed by atoms with Gasteiger partial charge in [0.25, 0.3) is 5.91 Å². The van der Waals surface area contributed by atoms with Crippen molar-refractivity contribution in [2.45, 2.75) is 71.8 Å². The molecule has 1 saturated heterocycles. The molecule has 1 fully saturated rings. The third-order valence-electron chi connectivity index (χ3n) is 5.17. The summed E-state index contributed by atoms with van der Waals surface area (Å²) in [7, 11) is 0. The van der Waals surface area contributed by atoms with E-state index >= 15 is 0 Å². The van der Waals surface area contributed by atoms with E-state index in [-0.39, 0.29) is 17.7 Å². The van der Waals surface area contributed by atoms with Crippen LogP contribution in [0.1, 0.15) is 75.2 Å². The molecule has 4 heteroatoms. The normalized spacial score (nSPS) is 15.8. The summed E-state index contributed by atoms with van der Waals surface area (Å²) in [6.45, 7) is 7.80. The largest absolute Gasteiger partial charge is 0.341 e. The molecule has 4 nitrogen and oxygen atoms in total. The number of rotatable bonds is 8. The molecule has 1 aromatic rings. The first kappa shape index (κ1) is 20.5. The van der Waals surface area contributed by atoms with Crippen LogP contribution in [0, 0.1) is 5.92 Å². The number of aryl methyl sites for hydroxylation is 1. The molecule has 1 aliphatic rings. The monoisotopic (exact) mass is 358 g/mol. The summed E-state index contributed by atoms with van der Waals surface area (Å²) < 4.78 is 0. The molecule has 2 amide bonds. The second kappa shape index (κ2) is 10.3. The van der Waals surface area contributed by atoms with Crippen molar-refractivity contribution in [2.24, 2.45) is 5.92 Å². The minimum absolute atomic E-state index is 0.0595. The lowest BCUT2D eigenvalue weighted by molar-refractivity contribution is -0.135. The lowest BCUT2D eigenvalue weighted by Gasteiger charge is -2.32. The third-order valence-corrected chi connectivity index (χ3v) is 5.17. The number of carbonyl (C=O) groups excluding carboxylic acids is 2. The molecule has 1 N–H and O–H groups in total. The van der Waals surface area contributed by atoms with Gasteiger partial charge in [-0.25, -0.2) is 0 Å². The molecule has 144 valence electrons. The van der Waals surface area contributed by atoms with Crippen LogP contribution in [0.15, 0.2) is 24.3 Å². The van der Waals surface area contributed by atoms with Gasteiger partial charge in [0.05, 0.1) is 0 Å². The second-order valence-corrected chi connectivity index (χ2v) is 7.74. The van der Waals surface area contributed by atoms with Gasteiger partial charge in [-0.1, -0.05) is 45.7 Å². The minimum Gasteiger partial charge on any atom is -0.341 e. The molecule has 26 heavy (non-hydrogen) atoms. The number of carbonyl (C=O) groups is 2. The standard InChI is InChI=1S/C22H34N2O2/c1-4-5-7-10-18-11-13-19(14-12-18)21(25)23-20(17(2)3)22(26)24-15-8-6-9-16-24/h11-14,17,20H,4-10,15-16H2,1-3H3,(H,23,25). The Labute approximate surface area is 158 Å². The molecule has 0 spiro atoms. The fourth-order valence-electron chi connectivity index (χ4n) is 3.45. The summed E-state index contributed by atoms with van der Waals surface area (Å²) in [4.78, 5) is 27.4. The highest BCUT2D eigenvalue weighted by Gasteiger charge is 2.29. The van der Waals surface area contributed by atoms with Crippen LogP contribution in [0.4, 0.5) is 0 Å². The molecule has 1 unspecified atom stereocenters. The molecule has 1 atom stereocenters. The maximum absolute atomic E-state index is 12.8. The molecule has 0 aliphatic carbocycles. The van der Waals surface area contributed by atoms with Crippen LogP contribution >= 0.6 is 0 Å². The molecule has 1 aliphatic heterocycles. The van der Waals surface area contributed by atoms with E-state index < -0.39 is 6.04 Å². The van der Waals surface area contributed by atoms with Crippen molar-refractivity contribution >= 4 is 11.8 Å². The highest BCUT2D eigenvalue weighted by molar-refractivity contribution is 5.97. The van der Waals surface area contributed by atoms with Crippen LogP contribution in [0.5, 0.6) is 0 Å². The Morgan fingerprint density at radius 2 is 1.69 bits per heavy atom. The number of nitrogens with zero attached hydrogens (tertiary/aromatic N) is 1. The average Bonchev–Trinajstić information content (AvgIpc) is 2.66. The number of nitrogens with one attached hydrogen (secondary N) is 1. The van der Waals surface area contributed by atoms with Crippen LogP contribution in [-0.4, -0.2) is 35.8 Å². The number of piperidine rings is 1. The van der Waals surface area contributed by atoms with E-state index in [1.54, 1.807) is 0 Å². The summed E-state index contributed by atoms with van der Waals surface area (Å²) in [5.74, 6) is -0.0277. The summed E-state index contributed by atoms with van der Waals surface area (Å²) in [6, 6.07) is 7.35. The smallest absolute Gasteiger partial charge is 0.251 e. The quantitative estimate of drug-likeness (QED) is 0.709. The van der Waals surface area contributed by atoms with Crippen LogP contribution in [-0.2, 0) is 11.2 Å². The van der Waals surface area contributed by atoms with Gasteiger partial charge < -0.3 is 10.2 Å². The fourth-order valence-corrected chi connectivity index (χ4v) is 3.45. The molecule has 0 saturated carbocycles. The Morgan fingerprint density at radius 3 is 2.27 bits per heavy atom. The molecule has 1 heterocycles. The van der Waals surface area contributed by atoms with E-state index in [9.17, 15) is 9.59 Å². The Morgan fingerprint density at radius 1 is 1.04 bits per heavy atom. The predicted molar refractivity (Wildman–Crippen MR) is 106 cm³/mol. The number of likely N-dealkylation sites (tertiary alicyclic amines) is 1. The van der Waals surface area contributed by atoms with E-state index in [1.165, 1.54) is 31.2 Å². The third kappa shape index (κ3) is 5.86. The van der Waals surface area contributed by atoms with Crippen LogP contribution in [0.2, 0.25) is 0 Å². The summed E-state index contributed by atoms with van der Waals surface area (Å²) >= 11 is 0. The highest BCUT2D eigenvalue weighted by atomic mass is 16.2. The first-order chi connectivity index (χ1) is 12.5. The van der Waals surface area contributed by atoms with Crippen LogP contribution < -0.4 is 5.32 Å². The molecule has 0 bridgehead atoms. The van der Waals surface area contributed by atoms with Gasteiger partial charge in [-0.15, -0.1) is 0 Å². The zero-order chi connectivity index (χ0) is 18.9. The van der Waals surface area contributed by atoms with Crippen molar-refractivity contribution in [1.29, 1.82) is 0 Å². The van der Waals surface area contributed by atoms with Crippen molar-refractivity contribution < 1.29 is 9.59 Å². The topological polar surface area (TPSA) is 49.4 Å². The molecular weight excluding hydrogens is 324 g/mol. The highest BCUT2D eigenvalue weighted by Crippen LogP contribution is 2.15. The summed E-state index contributed by atoms with van der Waals surface area (Å²) in [5.41, 5.74) is 1.89. The van der Waals surface area contributed by atoms with Gasteiger partial charge in [-0.3, -0.25) is 9.59 Å². The zero-order valence-electron chi connectivity index (χ0n) is 16.6. The van der Waals surface area contributed by atoms with Gasteiger partial charge in [0, 0.05) is 18.7 Å². The van der Waals surface area contributed by atoms with Gasteiger partial charge in [0.1, 0.15) is 6.04 Å². The Kier molecular flexibility index (Phi) is 8.14. The number of amides is 2. The zero-order valence-corrected chi connectivity index (χ0v) is 16.6. The van der Waals surface area contributed by atoms with Gasteiger partial charge in [-0.2, -0.15) is 0 Å². The van der Waals surface area contributed by atoms with Crippen LogP contribution in [0.25, 0.3) is 0 Å². The van der Waals surface area contributed by atoms with E-state index in [0.717, 1.165) is 32.4 Å². The van der Waals surface area contributed by atoms with Crippen LogP contribution in [0.3, 0.4) is 0 Å². The number of hydrogen-bond acceptors (Lipinski definition) is 2. The van der Waals surface area contributed by atoms with Gasteiger partial charge >= 0.3 is 0 Å². The van der Waals surface area contributed by atoms with Gasteiger partial charge in [0.2, 0.25) is 5.91 Å². The maximum Gasteiger partial charge on any atom is 0.251 e. The van der Waals surface area contributed by atoms with E-state index in [0.29, 0.717) is 5.56 Å². The van der Waals surface area contributed by atoms with Crippen molar-refractivity contribution in [3.05, 3.63) is 35.4 Å². The molecule has 2 rings (SSSR count). The minimum atomic E-state index is -0.454. The van der Waals surface area contributed by atoms with Gasteiger partial charge in [0.15, 0.2) is 0 Å². The molecule has 0 aromatic heterocycles.